The third-order valence-electron chi connectivity index (χ3n) is 2.67. The van der Waals surface area contributed by atoms with Crippen molar-refractivity contribution in [2.75, 3.05) is 11.5 Å². The van der Waals surface area contributed by atoms with Gasteiger partial charge in [0.05, 0.1) is 6.20 Å². The number of aromatic amines is 1. The van der Waals surface area contributed by atoms with Gasteiger partial charge in [-0.1, -0.05) is 6.07 Å². The summed E-state index contributed by atoms with van der Waals surface area (Å²) in [6, 6.07) is 6.50. The summed E-state index contributed by atoms with van der Waals surface area (Å²) in [5.41, 5.74) is 9.37. The molecule has 15 heavy (non-hydrogen) atoms. The lowest BCUT2D eigenvalue weighted by Crippen LogP contribution is -1.88. The number of nitrogens with one attached hydrogen (secondary N) is 1. The second kappa shape index (κ2) is 3.31. The van der Waals surface area contributed by atoms with Gasteiger partial charge in [-0.2, -0.15) is 5.10 Å². The van der Waals surface area contributed by atoms with Crippen LogP contribution in [-0.4, -0.2) is 16.0 Å². The van der Waals surface area contributed by atoms with Crippen LogP contribution in [0.3, 0.4) is 0 Å². The summed E-state index contributed by atoms with van der Waals surface area (Å²) in [6.45, 7) is 0. The summed E-state index contributed by atoms with van der Waals surface area (Å²) in [4.78, 5) is 1.40. The minimum atomic E-state index is 0.639. The number of H-pyrrole nitrogens is 1. The Bertz CT molecular complexity index is 504. The monoisotopic (exact) mass is 217 g/mol. The summed E-state index contributed by atoms with van der Waals surface area (Å²) in [5, 5.41) is 6.69. The van der Waals surface area contributed by atoms with Crippen molar-refractivity contribution in [2.24, 2.45) is 0 Å². The van der Waals surface area contributed by atoms with E-state index >= 15 is 0 Å². The van der Waals surface area contributed by atoms with Crippen LogP contribution in [0.4, 0.5) is 5.82 Å². The van der Waals surface area contributed by atoms with Crippen LogP contribution >= 0.6 is 11.8 Å². The number of hydrogen-bond acceptors (Lipinski definition) is 3. The van der Waals surface area contributed by atoms with Gasteiger partial charge < -0.3 is 5.73 Å². The van der Waals surface area contributed by atoms with Crippen molar-refractivity contribution in [1.29, 1.82) is 0 Å². The molecule has 2 heterocycles. The number of benzene rings is 1. The fraction of sp³-hybridized carbons (Fsp3) is 0.182. The Hall–Kier alpha value is -1.42. The summed E-state index contributed by atoms with van der Waals surface area (Å²) in [7, 11) is 0. The fourth-order valence-electron chi connectivity index (χ4n) is 1.88. The molecule has 0 radical (unpaired) electrons. The predicted molar refractivity (Wildman–Crippen MR) is 62.9 cm³/mol. The van der Waals surface area contributed by atoms with E-state index in [-0.39, 0.29) is 0 Å². The lowest BCUT2D eigenvalue weighted by Gasteiger charge is -2.02. The number of thioether (sulfide) groups is 1. The SMILES string of the molecule is Nc1[nH]ncc1-c1ccc2c(c1)CCS2. The molecule has 0 spiro atoms. The second-order valence-corrected chi connectivity index (χ2v) is 4.76. The van der Waals surface area contributed by atoms with E-state index in [0.717, 1.165) is 17.5 Å². The number of fused-ring (bicyclic) bond motifs is 1. The Morgan fingerprint density at radius 1 is 1.40 bits per heavy atom. The number of hydrogen-bond donors (Lipinski definition) is 2. The third kappa shape index (κ3) is 1.41. The molecule has 4 heteroatoms. The van der Waals surface area contributed by atoms with Crippen LogP contribution in [0.1, 0.15) is 5.56 Å². The van der Waals surface area contributed by atoms with Crippen molar-refractivity contribution in [3.05, 3.63) is 30.0 Å². The second-order valence-electron chi connectivity index (χ2n) is 3.62. The Morgan fingerprint density at radius 3 is 3.13 bits per heavy atom. The molecule has 0 saturated heterocycles. The van der Waals surface area contributed by atoms with Gasteiger partial charge in [-0.25, -0.2) is 0 Å². The lowest BCUT2D eigenvalue weighted by molar-refractivity contribution is 1.10. The molecular formula is C11H11N3S. The highest BCUT2D eigenvalue weighted by Gasteiger charge is 2.13. The van der Waals surface area contributed by atoms with Crippen LogP contribution in [0.25, 0.3) is 11.1 Å². The van der Waals surface area contributed by atoms with E-state index in [9.17, 15) is 0 Å². The molecule has 0 atom stereocenters. The standard InChI is InChI=1S/C11H11N3S/c12-11-9(6-13-14-11)7-1-2-10-8(5-7)3-4-15-10/h1-2,5-6H,3-4H2,(H3,12,13,14). The molecule has 1 aromatic heterocycles. The normalized spacial score (nSPS) is 14.1. The van der Waals surface area contributed by atoms with E-state index in [1.165, 1.54) is 16.2 Å². The molecule has 76 valence electrons. The Balaban J connectivity index is 2.11. The fourth-order valence-corrected chi connectivity index (χ4v) is 2.93. The maximum Gasteiger partial charge on any atom is 0.126 e. The zero-order valence-electron chi connectivity index (χ0n) is 8.16. The van der Waals surface area contributed by atoms with Crippen molar-refractivity contribution < 1.29 is 0 Å². The van der Waals surface area contributed by atoms with Crippen LogP contribution in [0.2, 0.25) is 0 Å². The van der Waals surface area contributed by atoms with E-state index in [2.05, 4.69) is 28.4 Å². The summed E-state index contributed by atoms with van der Waals surface area (Å²) in [6.07, 6.45) is 2.94. The molecule has 2 aromatic rings. The first-order valence-corrected chi connectivity index (χ1v) is 5.88. The molecule has 1 aliphatic heterocycles. The van der Waals surface area contributed by atoms with E-state index in [4.69, 9.17) is 5.73 Å². The summed E-state index contributed by atoms with van der Waals surface area (Å²) >= 11 is 1.92. The van der Waals surface area contributed by atoms with Gasteiger partial charge in [0.15, 0.2) is 0 Å². The predicted octanol–water partition coefficient (Wildman–Crippen LogP) is 2.31. The molecular weight excluding hydrogens is 206 g/mol. The number of aryl methyl sites for hydroxylation is 1. The van der Waals surface area contributed by atoms with Gasteiger partial charge in [-0.15, -0.1) is 11.8 Å². The molecule has 0 unspecified atom stereocenters. The number of rotatable bonds is 1. The van der Waals surface area contributed by atoms with Crippen LogP contribution in [0.15, 0.2) is 29.3 Å². The summed E-state index contributed by atoms with van der Waals surface area (Å²) in [5.74, 6) is 1.83. The number of nitrogens with zero attached hydrogens (tertiary/aromatic N) is 1. The van der Waals surface area contributed by atoms with Gasteiger partial charge in [-0.05, 0) is 29.7 Å². The zero-order valence-corrected chi connectivity index (χ0v) is 8.97. The van der Waals surface area contributed by atoms with Crippen molar-refractivity contribution in [3.63, 3.8) is 0 Å². The smallest absolute Gasteiger partial charge is 0.126 e. The number of nitrogen functional groups attached to an aromatic ring is 1. The first-order chi connectivity index (χ1) is 7.34. The maximum absolute atomic E-state index is 5.79. The Labute approximate surface area is 92.1 Å². The molecule has 0 bridgehead atoms. The van der Waals surface area contributed by atoms with Crippen LogP contribution in [0, 0.1) is 0 Å². The molecule has 1 aliphatic rings. The van der Waals surface area contributed by atoms with Gasteiger partial charge in [-0.3, -0.25) is 5.10 Å². The first-order valence-electron chi connectivity index (χ1n) is 4.89. The van der Waals surface area contributed by atoms with E-state index in [1.54, 1.807) is 6.20 Å². The Morgan fingerprint density at radius 2 is 2.33 bits per heavy atom. The van der Waals surface area contributed by atoms with Crippen LogP contribution < -0.4 is 5.73 Å². The third-order valence-corrected chi connectivity index (χ3v) is 3.79. The minimum absolute atomic E-state index is 0.639. The molecule has 0 aliphatic carbocycles. The zero-order chi connectivity index (χ0) is 10.3. The average molecular weight is 217 g/mol. The molecule has 3 rings (SSSR count). The molecule has 3 nitrogen and oxygen atoms in total. The van der Waals surface area contributed by atoms with Gasteiger partial charge in [0.2, 0.25) is 0 Å². The van der Waals surface area contributed by atoms with Gasteiger partial charge in [0.1, 0.15) is 5.82 Å². The molecule has 3 N–H and O–H groups in total. The van der Waals surface area contributed by atoms with Crippen molar-refractivity contribution >= 4 is 17.6 Å². The Kier molecular flexibility index (Phi) is 1.95. The minimum Gasteiger partial charge on any atom is -0.384 e. The van der Waals surface area contributed by atoms with Gasteiger partial charge in [0, 0.05) is 16.2 Å². The van der Waals surface area contributed by atoms with Crippen LogP contribution in [0.5, 0.6) is 0 Å². The highest BCUT2D eigenvalue weighted by atomic mass is 32.2. The largest absolute Gasteiger partial charge is 0.384 e. The maximum atomic E-state index is 5.79. The average Bonchev–Trinajstić information content (AvgIpc) is 2.84. The van der Waals surface area contributed by atoms with Gasteiger partial charge >= 0.3 is 0 Å². The number of nitrogens with two attached hydrogens (primary N) is 1. The summed E-state index contributed by atoms with van der Waals surface area (Å²) < 4.78 is 0. The molecule has 0 saturated carbocycles. The van der Waals surface area contributed by atoms with Crippen molar-refractivity contribution in [1.82, 2.24) is 10.2 Å². The van der Waals surface area contributed by atoms with Crippen LogP contribution in [-0.2, 0) is 6.42 Å². The number of anilines is 1. The van der Waals surface area contributed by atoms with Gasteiger partial charge in [0.25, 0.3) is 0 Å². The van der Waals surface area contributed by atoms with E-state index < -0.39 is 0 Å². The van der Waals surface area contributed by atoms with E-state index in [0.29, 0.717) is 5.82 Å². The molecule has 0 amide bonds. The van der Waals surface area contributed by atoms with Crippen molar-refractivity contribution in [3.8, 4) is 11.1 Å². The molecule has 0 fully saturated rings. The highest BCUT2D eigenvalue weighted by molar-refractivity contribution is 7.99. The highest BCUT2D eigenvalue weighted by Crippen LogP contribution is 2.35. The van der Waals surface area contributed by atoms with Crippen molar-refractivity contribution in [2.45, 2.75) is 11.3 Å². The topological polar surface area (TPSA) is 54.7 Å². The molecule has 1 aromatic carbocycles. The number of aromatic nitrogens is 2. The lowest BCUT2D eigenvalue weighted by atomic mass is 10.0. The quantitative estimate of drug-likeness (QED) is 0.770. The first kappa shape index (κ1) is 8.85. The van der Waals surface area contributed by atoms with E-state index in [1.807, 2.05) is 11.8 Å².